The van der Waals surface area contributed by atoms with Gasteiger partial charge < -0.3 is 4.74 Å². The standard InChI is InChI=1S/C10H11BrN2OS/c1-13-12-7-10(11)15(13)9-5-3-8(14-2)4-6-9/h3-7H,1-2H3. The van der Waals surface area contributed by atoms with Crippen LogP contribution in [0.15, 0.2) is 34.3 Å². The SMILES string of the molecule is COc1ccc(S2=C(Br)C=NN2C)cc1. The van der Waals surface area contributed by atoms with Gasteiger partial charge in [-0.2, -0.15) is 5.10 Å². The van der Waals surface area contributed by atoms with Crippen LogP contribution < -0.4 is 4.74 Å². The zero-order valence-electron chi connectivity index (χ0n) is 8.48. The van der Waals surface area contributed by atoms with Gasteiger partial charge in [-0.15, -0.1) is 0 Å². The summed E-state index contributed by atoms with van der Waals surface area (Å²) in [5, 5.41) is 4.22. The van der Waals surface area contributed by atoms with E-state index in [9.17, 15) is 0 Å². The van der Waals surface area contributed by atoms with Gasteiger partial charge in [-0.1, -0.05) is 0 Å². The fourth-order valence-electron chi connectivity index (χ4n) is 1.32. The van der Waals surface area contributed by atoms with Crippen molar-refractivity contribution in [3.63, 3.8) is 0 Å². The van der Waals surface area contributed by atoms with Crippen LogP contribution in [0.1, 0.15) is 0 Å². The van der Waals surface area contributed by atoms with Crippen LogP contribution in [-0.4, -0.2) is 28.6 Å². The molecule has 15 heavy (non-hydrogen) atoms. The Hall–Kier alpha value is -0.810. The molecule has 1 unspecified atom stereocenters. The number of hydrazone groups is 1. The summed E-state index contributed by atoms with van der Waals surface area (Å²) in [4.78, 5) is 1.22. The van der Waals surface area contributed by atoms with Gasteiger partial charge in [-0.05, 0) is 50.9 Å². The molecule has 1 heterocycles. The summed E-state index contributed by atoms with van der Waals surface area (Å²) in [7, 11) is 3.54. The third-order valence-corrected chi connectivity index (χ3v) is 4.99. The third-order valence-electron chi connectivity index (χ3n) is 2.05. The zero-order chi connectivity index (χ0) is 10.8. The van der Waals surface area contributed by atoms with Crippen LogP contribution in [0, 0.1) is 0 Å². The van der Waals surface area contributed by atoms with Crippen LogP contribution in [-0.2, 0) is 0 Å². The van der Waals surface area contributed by atoms with Gasteiger partial charge >= 0.3 is 0 Å². The summed E-state index contributed by atoms with van der Waals surface area (Å²) in [6, 6.07) is 8.06. The molecule has 1 atom stereocenters. The number of nitrogens with zero attached hydrogens (tertiary/aromatic N) is 2. The molecule has 0 spiro atoms. The van der Waals surface area contributed by atoms with Gasteiger partial charge in [0, 0.05) is 11.9 Å². The van der Waals surface area contributed by atoms with E-state index in [1.165, 1.54) is 4.90 Å². The van der Waals surface area contributed by atoms with Gasteiger partial charge in [-0.25, -0.2) is 4.41 Å². The lowest BCUT2D eigenvalue weighted by atomic mass is 10.3. The van der Waals surface area contributed by atoms with E-state index in [2.05, 4.69) is 33.2 Å². The lowest BCUT2D eigenvalue weighted by molar-refractivity contribution is 0.414. The van der Waals surface area contributed by atoms with Crippen molar-refractivity contribution in [1.82, 2.24) is 4.41 Å². The minimum atomic E-state index is -0.102. The maximum absolute atomic E-state index is 5.13. The van der Waals surface area contributed by atoms with Gasteiger partial charge in [0.15, 0.2) is 0 Å². The molecule has 1 aromatic rings. The normalized spacial score (nSPS) is 19.8. The fourth-order valence-corrected chi connectivity index (χ4v) is 4.07. The van der Waals surface area contributed by atoms with Gasteiger partial charge in [-0.3, -0.25) is 0 Å². The van der Waals surface area contributed by atoms with Crippen molar-refractivity contribution >= 4 is 36.6 Å². The predicted octanol–water partition coefficient (Wildman–Crippen LogP) is 2.69. The lowest BCUT2D eigenvalue weighted by Crippen LogP contribution is -1.99. The second kappa shape index (κ2) is 4.37. The maximum Gasteiger partial charge on any atom is 0.118 e. The highest BCUT2D eigenvalue weighted by Gasteiger charge is 2.13. The summed E-state index contributed by atoms with van der Waals surface area (Å²) in [5.41, 5.74) is 0. The molecular formula is C10H11BrN2OS. The predicted molar refractivity (Wildman–Crippen MR) is 69.0 cm³/mol. The molecule has 1 aromatic carbocycles. The van der Waals surface area contributed by atoms with Crippen LogP contribution in [0.25, 0.3) is 0 Å². The van der Waals surface area contributed by atoms with E-state index in [0.29, 0.717) is 0 Å². The van der Waals surface area contributed by atoms with E-state index in [1.807, 2.05) is 29.8 Å². The highest BCUT2D eigenvalue weighted by molar-refractivity contribution is 9.21. The summed E-state index contributed by atoms with van der Waals surface area (Å²) in [5.74, 6) is 0.876. The van der Waals surface area contributed by atoms with E-state index < -0.39 is 0 Å². The van der Waals surface area contributed by atoms with Crippen LogP contribution in [0.5, 0.6) is 5.75 Å². The molecule has 0 saturated heterocycles. The molecular weight excluding hydrogens is 276 g/mol. The number of methoxy groups -OCH3 is 1. The molecule has 3 nitrogen and oxygen atoms in total. The van der Waals surface area contributed by atoms with E-state index in [1.54, 1.807) is 7.11 Å². The molecule has 1 aliphatic rings. The molecule has 0 aromatic heterocycles. The van der Waals surface area contributed by atoms with E-state index in [0.717, 1.165) is 9.52 Å². The summed E-state index contributed by atoms with van der Waals surface area (Å²) in [6.45, 7) is 0. The molecule has 1 aliphatic heterocycles. The van der Waals surface area contributed by atoms with Crippen LogP contribution in [0.4, 0.5) is 0 Å². The number of rotatable bonds is 2. The number of hydrogen-bond donors (Lipinski definition) is 0. The largest absolute Gasteiger partial charge is 0.497 e. The first-order valence-corrected chi connectivity index (χ1v) is 6.38. The van der Waals surface area contributed by atoms with Crippen LogP contribution in [0.3, 0.4) is 0 Å². The van der Waals surface area contributed by atoms with E-state index >= 15 is 0 Å². The lowest BCUT2D eigenvalue weighted by Gasteiger charge is -2.14. The molecule has 0 amide bonds. The molecule has 0 radical (unpaired) electrons. The van der Waals surface area contributed by atoms with Crippen molar-refractivity contribution in [2.75, 3.05) is 14.2 Å². The average Bonchev–Trinajstić information content (AvgIpc) is 2.59. The molecule has 80 valence electrons. The fraction of sp³-hybridized carbons (Fsp3) is 0.200. The van der Waals surface area contributed by atoms with Crippen LogP contribution in [0.2, 0.25) is 0 Å². The van der Waals surface area contributed by atoms with Gasteiger partial charge in [0.05, 0.1) is 17.1 Å². The Bertz CT molecular complexity index is 428. The van der Waals surface area contributed by atoms with Gasteiger partial charge in [0.2, 0.25) is 0 Å². The van der Waals surface area contributed by atoms with E-state index in [-0.39, 0.29) is 10.7 Å². The smallest absolute Gasteiger partial charge is 0.118 e. The molecule has 0 bridgehead atoms. The van der Waals surface area contributed by atoms with Gasteiger partial charge in [0.1, 0.15) is 5.75 Å². The van der Waals surface area contributed by atoms with E-state index in [4.69, 9.17) is 4.74 Å². The van der Waals surface area contributed by atoms with Crippen molar-refractivity contribution in [3.05, 3.63) is 24.3 Å². The molecule has 0 aliphatic carbocycles. The first-order chi connectivity index (χ1) is 7.22. The molecule has 5 heteroatoms. The summed E-state index contributed by atoms with van der Waals surface area (Å²) in [6.07, 6.45) is 1.84. The minimum Gasteiger partial charge on any atom is -0.497 e. The first-order valence-electron chi connectivity index (χ1n) is 4.41. The Kier molecular flexibility index (Phi) is 3.11. The van der Waals surface area contributed by atoms with Crippen molar-refractivity contribution in [3.8, 4) is 5.75 Å². The van der Waals surface area contributed by atoms with Crippen molar-refractivity contribution in [2.45, 2.75) is 4.90 Å². The third kappa shape index (κ3) is 2.08. The first kappa shape index (κ1) is 10.7. The summed E-state index contributed by atoms with van der Waals surface area (Å²) < 4.78 is 8.18. The molecule has 0 saturated carbocycles. The monoisotopic (exact) mass is 286 g/mol. The molecule has 0 fully saturated rings. The summed E-state index contributed by atoms with van der Waals surface area (Å²) >= 11 is 3.52. The minimum absolute atomic E-state index is 0.102. The molecule has 2 rings (SSSR count). The quantitative estimate of drug-likeness (QED) is 0.617. The number of hydrogen-bond acceptors (Lipinski definition) is 3. The van der Waals surface area contributed by atoms with Crippen molar-refractivity contribution in [2.24, 2.45) is 5.10 Å². The number of ether oxygens (including phenoxy) is 1. The van der Waals surface area contributed by atoms with Crippen LogP contribution >= 0.6 is 26.6 Å². The number of benzene rings is 1. The number of halogens is 1. The highest BCUT2D eigenvalue weighted by Crippen LogP contribution is 2.36. The topological polar surface area (TPSA) is 24.8 Å². The van der Waals surface area contributed by atoms with Crippen molar-refractivity contribution < 1.29 is 4.74 Å². The van der Waals surface area contributed by atoms with Gasteiger partial charge in [0.25, 0.3) is 0 Å². The Balaban J connectivity index is 2.35. The second-order valence-electron chi connectivity index (χ2n) is 2.97. The molecule has 0 N–H and O–H groups in total. The Morgan fingerprint density at radius 3 is 2.47 bits per heavy atom. The average molecular weight is 287 g/mol. The Morgan fingerprint density at radius 1 is 1.33 bits per heavy atom. The van der Waals surface area contributed by atoms with Crippen molar-refractivity contribution in [1.29, 1.82) is 0 Å². The maximum atomic E-state index is 5.13. The zero-order valence-corrected chi connectivity index (χ0v) is 10.9. The highest BCUT2D eigenvalue weighted by atomic mass is 79.9. The Labute approximate surface area is 99.9 Å². The second-order valence-corrected chi connectivity index (χ2v) is 6.36. The Morgan fingerprint density at radius 2 is 2.00 bits per heavy atom.